The number of nitrogens with one attached hydrogen (secondary N) is 1. The van der Waals surface area contributed by atoms with Crippen LogP contribution in [-0.4, -0.2) is 49.1 Å². The standard InChI is InChI=1S/C17H18N2O5/c1-17(16(22)18-2)10-19(7-8-23-17)15(21)14-9-12(20)11-5-3-4-6-13(11)24-14/h3-6,9H,7-8,10H2,1-2H3,(H,18,22). The number of amides is 2. The summed E-state index contributed by atoms with van der Waals surface area (Å²) in [6, 6.07) is 7.94. The largest absolute Gasteiger partial charge is 0.451 e. The van der Waals surface area contributed by atoms with E-state index >= 15 is 0 Å². The second kappa shape index (κ2) is 6.09. The number of rotatable bonds is 2. The number of morpholine rings is 1. The van der Waals surface area contributed by atoms with Gasteiger partial charge in [0, 0.05) is 19.7 Å². The first-order valence-corrected chi connectivity index (χ1v) is 7.63. The number of fused-ring (bicyclic) bond motifs is 1. The molecule has 7 heteroatoms. The molecule has 1 fully saturated rings. The first-order valence-electron chi connectivity index (χ1n) is 7.63. The number of carbonyl (C=O) groups excluding carboxylic acids is 2. The van der Waals surface area contributed by atoms with Crippen molar-refractivity contribution < 1.29 is 18.7 Å². The zero-order valence-electron chi connectivity index (χ0n) is 13.5. The first-order chi connectivity index (χ1) is 11.4. The van der Waals surface area contributed by atoms with E-state index < -0.39 is 11.5 Å². The molecule has 0 radical (unpaired) electrons. The van der Waals surface area contributed by atoms with Crippen LogP contribution in [0, 0.1) is 0 Å². The fourth-order valence-electron chi connectivity index (χ4n) is 2.81. The summed E-state index contributed by atoms with van der Waals surface area (Å²) in [4.78, 5) is 38.3. The Morgan fingerprint density at radius 1 is 1.29 bits per heavy atom. The molecule has 126 valence electrons. The van der Waals surface area contributed by atoms with E-state index in [0.717, 1.165) is 0 Å². The van der Waals surface area contributed by atoms with Crippen LogP contribution >= 0.6 is 0 Å². The van der Waals surface area contributed by atoms with Gasteiger partial charge in [-0.15, -0.1) is 0 Å². The molecule has 1 aromatic heterocycles. The highest BCUT2D eigenvalue weighted by Gasteiger charge is 2.40. The average Bonchev–Trinajstić information content (AvgIpc) is 2.60. The van der Waals surface area contributed by atoms with E-state index in [4.69, 9.17) is 9.15 Å². The van der Waals surface area contributed by atoms with Crippen molar-refractivity contribution in [3.05, 3.63) is 46.3 Å². The fraction of sp³-hybridized carbons (Fsp3) is 0.353. The maximum Gasteiger partial charge on any atom is 0.289 e. The molecule has 0 bridgehead atoms. The van der Waals surface area contributed by atoms with Gasteiger partial charge in [0.2, 0.25) is 0 Å². The van der Waals surface area contributed by atoms with E-state index in [0.29, 0.717) is 17.5 Å². The molecule has 0 aliphatic carbocycles. The van der Waals surface area contributed by atoms with Crippen LogP contribution < -0.4 is 10.7 Å². The highest BCUT2D eigenvalue weighted by molar-refractivity contribution is 5.94. The van der Waals surface area contributed by atoms with Crippen molar-refractivity contribution in [2.75, 3.05) is 26.7 Å². The van der Waals surface area contributed by atoms with Crippen molar-refractivity contribution in [1.82, 2.24) is 10.2 Å². The van der Waals surface area contributed by atoms with Crippen molar-refractivity contribution >= 4 is 22.8 Å². The number of nitrogens with zero attached hydrogens (tertiary/aromatic N) is 1. The summed E-state index contributed by atoms with van der Waals surface area (Å²) in [7, 11) is 1.51. The molecule has 7 nitrogen and oxygen atoms in total. The van der Waals surface area contributed by atoms with E-state index in [-0.39, 0.29) is 30.2 Å². The van der Waals surface area contributed by atoms with Gasteiger partial charge in [0.05, 0.1) is 18.5 Å². The van der Waals surface area contributed by atoms with Crippen LogP contribution in [0.3, 0.4) is 0 Å². The minimum absolute atomic E-state index is 0.0418. The number of likely N-dealkylation sites (N-methyl/N-ethyl adjacent to an activating group) is 1. The van der Waals surface area contributed by atoms with Crippen molar-refractivity contribution in [2.24, 2.45) is 0 Å². The van der Waals surface area contributed by atoms with Crippen molar-refractivity contribution in [2.45, 2.75) is 12.5 Å². The summed E-state index contributed by atoms with van der Waals surface area (Å²) in [5.74, 6) is -0.781. The number of para-hydroxylation sites is 1. The molecule has 2 aromatic rings. The molecule has 1 aliphatic heterocycles. The van der Waals surface area contributed by atoms with E-state index in [1.807, 2.05) is 0 Å². The zero-order chi connectivity index (χ0) is 17.3. The molecular formula is C17H18N2O5. The second-order valence-electron chi connectivity index (χ2n) is 5.86. The summed E-state index contributed by atoms with van der Waals surface area (Å²) >= 11 is 0. The summed E-state index contributed by atoms with van der Waals surface area (Å²) in [5.41, 5.74) is -1.04. The third-order valence-electron chi connectivity index (χ3n) is 4.11. The summed E-state index contributed by atoms with van der Waals surface area (Å²) in [6.07, 6.45) is 0. The predicted octanol–water partition coefficient (Wildman–Crippen LogP) is 0.770. The van der Waals surface area contributed by atoms with Gasteiger partial charge in [0.25, 0.3) is 11.8 Å². The molecule has 1 unspecified atom stereocenters. The molecule has 2 heterocycles. The molecule has 1 aliphatic rings. The highest BCUT2D eigenvalue weighted by Crippen LogP contribution is 2.20. The molecule has 1 aromatic carbocycles. The Bertz CT molecular complexity index is 859. The van der Waals surface area contributed by atoms with Gasteiger partial charge in [0.1, 0.15) is 5.58 Å². The number of carbonyl (C=O) groups is 2. The smallest absolute Gasteiger partial charge is 0.289 e. The van der Waals surface area contributed by atoms with Gasteiger partial charge in [-0.3, -0.25) is 14.4 Å². The number of hydrogen-bond acceptors (Lipinski definition) is 5. The van der Waals surface area contributed by atoms with Gasteiger partial charge in [-0.1, -0.05) is 12.1 Å². The quantitative estimate of drug-likeness (QED) is 0.878. The van der Waals surface area contributed by atoms with Crippen LogP contribution in [-0.2, 0) is 9.53 Å². The van der Waals surface area contributed by atoms with Crippen LogP contribution in [0.4, 0.5) is 0 Å². The van der Waals surface area contributed by atoms with E-state index in [1.54, 1.807) is 31.2 Å². The Morgan fingerprint density at radius 2 is 2.04 bits per heavy atom. The lowest BCUT2D eigenvalue weighted by atomic mass is 10.0. The fourth-order valence-corrected chi connectivity index (χ4v) is 2.81. The molecule has 24 heavy (non-hydrogen) atoms. The second-order valence-corrected chi connectivity index (χ2v) is 5.86. The van der Waals surface area contributed by atoms with E-state index in [1.165, 1.54) is 18.0 Å². The Balaban J connectivity index is 1.91. The third kappa shape index (κ3) is 2.78. The van der Waals surface area contributed by atoms with Crippen LogP contribution in [0.25, 0.3) is 11.0 Å². The highest BCUT2D eigenvalue weighted by atomic mass is 16.5. The van der Waals surface area contributed by atoms with Crippen LogP contribution in [0.1, 0.15) is 17.5 Å². The van der Waals surface area contributed by atoms with E-state index in [2.05, 4.69) is 5.32 Å². The van der Waals surface area contributed by atoms with Crippen LogP contribution in [0.15, 0.2) is 39.5 Å². The normalized spacial score (nSPS) is 20.8. The molecule has 0 saturated carbocycles. The Labute approximate surface area is 138 Å². The summed E-state index contributed by atoms with van der Waals surface area (Å²) in [5, 5.41) is 2.95. The topological polar surface area (TPSA) is 88.9 Å². The maximum atomic E-state index is 12.7. The van der Waals surface area contributed by atoms with Gasteiger partial charge in [-0.25, -0.2) is 0 Å². The van der Waals surface area contributed by atoms with Crippen molar-refractivity contribution in [3.8, 4) is 0 Å². The number of ether oxygens (including phenoxy) is 1. The third-order valence-corrected chi connectivity index (χ3v) is 4.11. The van der Waals surface area contributed by atoms with Gasteiger partial charge >= 0.3 is 0 Å². The summed E-state index contributed by atoms with van der Waals surface area (Å²) < 4.78 is 11.1. The van der Waals surface area contributed by atoms with E-state index in [9.17, 15) is 14.4 Å². The zero-order valence-corrected chi connectivity index (χ0v) is 13.5. The lowest BCUT2D eigenvalue weighted by molar-refractivity contribution is -0.153. The first kappa shape index (κ1) is 16.2. The Kier molecular flexibility index (Phi) is 4.11. The molecule has 1 saturated heterocycles. The average molecular weight is 330 g/mol. The lowest BCUT2D eigenvalue weighted by Gasteiger charge is -2.38. The predicted molar refractivity (Wildman–Crippen MR) is 86.8 cm³/mol. The summed E-state index contributed by atoms with van der Waals surface area (Å²) in [6.45, 7) is 2.26. The van der Waals surface area contributed by atoms with Crippen LogP contribution in [0.5, 0.6) is 0 Å². The molecule has 3 rings (SSSR count). The SMILES string of the molecule is CNC(=O)C1(C)CN(C(=O)c2cc(=O)c3ccccc3o2)CCO1. The molecule has 1 atom stereocenters. The minimum atomic E-state index is -1.13. The molecule has 2 amide bonds. The van der Waals surface area contributed by atoms with Crippen molar-refractivity contribution in [3.63, 3.8) is 0 Å². The van der Waals surface area contributed by atoms with Gasteiger partial charge in [-0.2, -0.15) is 0 Å². The van der Waals surface area contributed by atoms with Crippen LogP contribution in [0.2, 0.25) is 0 Å². The van der Waals surface area contributed by atoms with Crippen molar-refractivity contribution in [1.29, 1.82) is 0 Å². The lowest BCUT2D eigenvalue weighted by Crippen LogP contribution is -2.58. The van der Waals surface area contributed by atoms with Gasteiger partial charge in [0.15, 0.2) is 16.8 Å². The monoisotopic (exact) mass is 330 g/mol. The Morgan fingerprint density at radius 3 is 2.79 bits per heavy atom. The minimum Gasteiger partial charge on any atom is -0.451 e. The number of benzene rings is 1. The molecule has 1 N–H and O–H groups in total. The van der Waals surface area contributed by atoms with Gasteiger partial charge in [-0.05, 0) is 19.1 Å². The van der Waals surface area contributed by atoms with Gasteiger partial charge < -0.3 is 19.4 Å². The number of hydrogen-bond donors (Lipinski definition) is 1. The maximum absolute atomic E-state index is 12.7. The Hall–Kier alpha value is -2.67. The molecule has 0 spiro atoms. The molecular weight excluding hydrogens is 312 g/mol.